The van der Waals surface area contributed by atoms with Gasteiger partial charge in [0.2, 0.25) is 0 Å². The first-order valence-corrected chi connectivity index (χ1v) is 26.3. The monoisotopic (exact) mass is 850 g/mol. The van der Waals surface area contributed by atoms with Crippen molar-refractivity contribution in [1.82, 2.24) is 0 Å². The zero-order valence-corrected chi connectivity index (χ0v) is 38.3. The van der Waals surface area contributed by atoms with Gasteiger partial charge in [0.15, 0.2) is 0 Å². The zero-order valence-electron chi connectivity index (χ0n) is 30.1. The van der Waals surface area contributed by atoms with E-state index in [-0.39, 0.29) is 37.7 Å². The van der Waals surface area contributed by atoms with Gasteiger partial charge in [0.25, 0.3) is 0 Å². The number of rotatable bonds is 15. The van der Waals surface area contributed by atoms with Crippen molar-refractivity contribution in [3.8, 4) is 11.1 Å². The maximum Gasteiger partial charge on any atom is 1.00 e. The number of fused-ring (bicyclic) bond motifs is 14. The molecule has 0 nitrogen and oxygen atoms in total. The summed E-state index contributed by atoms with van der Waals surface area (Å²) in [6.07, 6.45) is 18.8. The van der Waals surface area contributed by atoms with Gasteiger partial charge in [0.1, 0.15) is 0 Å². The molecule has 0 aliphatic rings. The van der Waals surface area contributed by atoms with E-state index in [1.54, 1.807) is 9.75 Å². The third-order valence-corrected chi connectivity index (χ3v) is 22.2. The molecule has 0 spiro atoms. The van der Waals surface area contributed by atoms with Crippen molar-refractivity contribution in [2.75, 3.05) is 0 Å². The van der Waals surface area contributed by atoms with Crippen molar-refractivity contribution in [1.29, 1.82) is 0 Å². The van der Waals surface area contributed by atoms with Crippen LogP contribution in [0.1, 0.15) is 101 Å². The largest absolute Gasteiger partial charge is 1.00 e. The molecule has 0 aliphatic heterocycles. The Balaban J connectivity index is 0.00000193. The Morgan fingerprint density at radius 2 is 0.750 bits per heavy atom. The molecule has 0 N–H and O–H groups in total. The quantitative estimate of drug-likeness (QED) is 0.0548. The molecule has 12 heteroatoms. The Morgan fingerprint density at radius 1 is 0.385 bits per heavy atom. The van der Waals surface area contributed by atoms with Crippen molar-refractivity contribution >= 4 is 189 Å². The van der Waals surface area contributed by atoms with Crippen LogP contribution in [0.4, 0.5) is 0 Å². The van der Waals surface area contributed by atoms with Crippen molar-refractivity contribution in [3.05, 3.63) is 32.6 Å². The van der Waals surface area contributed by atoms with E-state index in [0.717, 1.165) is 0 Å². The van der Waals surface area contributed by atoms with E-state index in [1.807, 2.05) is 90.7 Å². The molecule has 0 amide bonds. The van der Waals surface area contributed by atoms with Gasteiger partial charge in [-0.15, -0.1) is 89.6 Å². The third-order valence-electron chi connectivity index (χ3n) is 10.2. The molecule has 0 saturated heterocycles. The minimum absolute atomic E-state index is 0. The second-order valence-electron chi connectivity index (χ2n) is 13.6. The first-order valence-electron chi connectivity index (χ1n) is 18.1. The van der Waals surface area contributed by atoms with Crippen molar-refractivity contribution in [3.63, 3.8) is 0 Å². The molecule has 0 saturated carbocycles. The molecule has 52 heavy (non-hydrogen) atoms. The molecule has 0 fully saturated rings. The van der Waals surface area contributed by atoms with Gasteiger partial charge in [-0.05, 0) is 56.6 Å². The molecule has 10 aromatic rings. The molecular formula is C40H36Li2S10. The summed E-state index contributed by atoms with van der Waals surface area (Å²) in [7, 11) is 0. The zero-order chi connectivity index (χ0) is 33.3. The first-order chi connectivity index (χ1) is 24.7. The smallest absolute Gasteiger partial charge is 0.257 e. The van der Waals surface area contributed by atoms with Gasteiger partial charge in [-0.25, -0.2) is 11.1 Å². The maximum absolute atomic E-state index is 3.85. The van der Waals surface area contributed by atoms with Crippen LogP contribution >= 0.6 is 113 Å². The summed E-state index contributed by atoms with van der Waals surface area (Å²) in [6, 6.07) is 5.11. The Kier molecular flexibility index (Phi) is 12.5. The molecule has 0 atom stereocenters. The van der Waals surface area contributed by atoms with Gasteiger partial charge in [-0.1, -0.05) is 78.1 Å². The van der Waals surface area contributed by atoms with E-state index in [0.29, 0.717) is 0 Å². The normalized spacial score (nSPS) is 12.4. The second kappa shape index (κ2) is 16.6. The average Bonchev–Trinajstić information content (AvgIpc) is 3.93. The standard InChI is InChI=1S/C40H36S10.2Li/c1-3-5-7-9-11-13-15-21-17-23-27-31-29-25(19-41-35(29)47-39(31)49-37(27)45-33(23)43-21)26-20-42-36-30(26)32-28-24-18-22(16-14-12-10-8-6-4-2)44-34(24)46-38(28)50-40(32)48-36;;/h17-18H,3-16H2,1-2H3;;/q-2;2*+1. The topological polar surface area (TPSA) is 0 Å². The van der Waals surface area contributed by atoms with Crippen LogP contribution in [0.25, 0.3) is 86.3 Å². The minimum Gasteiger partial charge on any atom is -0.257 e. The second-order valence-corrected chi connectivity index (χ2v) is 25.7. The predicted molar refractivity (Wildman–Crippen MR) is 243 cm³/mol. The number of hydrogen-bond acceptors (Lipinski definition) is 10. The van der Waals surface area contributed by atoms with Crippen LogP contribution < -0.4 is 37.7 Å². The Morgan fingerprint density at radius 3 is 1.19 bits per heavy atom. The minimum atomic E-state index is 0. The number of aryl methyl sites for hydroxylation is 2. The van der Waals surface area contributed by atoms with Gasteiger partial charge in [0, 0.05) is 31.3 Å². The van der Waals surface area contributed by atoms with Crippen LogP contribution in [0.5, 0.6) is 0 Å². The fourth-order valence-electron chi connectivity index (χ4n) is 7.65. The Bertz CT molecular complexity index is 2580. The van der Waals surface area contributed by atoms with Crippen LogP contribution in [-0.2, 0) is 12.8 Å². The van der Waals surface area contributed by atoms with E-state index in [2.05, 4.69) is 59.4 Å². The summed E-state index contributed by atoms with van der Waals surface area (Å²) in [5.41, 5.74) is 2.59. The summed E-state index contributed by atoms with van der Waals surface area (Å²) < 4.78 is 11.9. The van der Waals surface area contributed by atoms with Gasteiger partial charge < -0.3 is 0 Å². The first kappa shape index (κ1) is 39.1. The van der Waals surface area contributed by atoms with Crippen LogP contribution in [-0.4, -0.2) is 0 Å². The SMILES string of the molecule is CCCCCCCCc1cc2c(s1)sc1sc3sc4s[c-]c(-c5[c-]sc6sc7sc8sc9sc(CCCCCCCC)cc9c8c7c56)c4c3c12.[Li+].[Li+]. The average molecular weight is 851 g/mol. The third kappa shape index (κ3) is 6.77. The predicted octanol–water partition coefficient (Wildman–Crippen LogP) is 12.6. The molecule has 0 radical (unpaired) electrons. The van der Waals surface area contributed by atoms with Crippen LogP contribution in [0, 0.1) is 10.8 Å². The van der Waals surface area contributed by atoms with E-state index in [4.69, 9.17) is 0 Å². The molecule has 0 unspecified atom stereocenters. The van der Waals surface area contributed by atoms with Gasteiger partial charge in [-0.3, -0.25) is 22.7 Å². The number of unbranched alkanes of at least 4 members (excludes halogenated alkanes) is 10. The van der Waals surface area contributed by atoms with Crippen LogP contribution in [0.2, 0.25) is 0 Å². The van der Waals surface area contributed by atoms with Gasteiger partial charge >= 0.3 is 37.7 Å². The van der Waals surface area contributed by atoms with Gasteiger partial charge in [-0.2, -0.15) is 22.7 Å². The molecule has 258 valence electrons. The molecular weight excluding hydrogens is 815 g/mol. The summed E-state index contributed by atoms with van der Waals surface area (Å²) >= 11 is 19.9. The fraction of sp³-hybridized carbons (Fsp3) is 0.400. The molecule has 10 rings (SSSR count). The Hall–Kier alpha value is 0.275. The van der Waals surface area contributed by atoms with Crippen LogP contribution in [0.15, 0.2) is 12.1 Å². The van der Waals surface area contributed by atoms with E-state index < -0.39 is 0 Å². The molecule has 10 heterocycles. The van der Waals surface area contributed by atoms with Crippen molar-refractivity contribution in [2.24, 2.45) is 0 Å². The van der Waals surface area contributed by atoms with E-state index >= 15 is 0 Å². The van der Waals surface area contributed by atoms with E-state index in [1.165, 1.54) is 176 Å². The molecule has 0 bridgehead atoms. The molecule has 10 aromatic heterocycles. The number of hydrogen-bond donors (Lipinski definition) is 0. The fourth-order valence-corrected chi connectivity index (χ4v) is 21.7. The molecule has 0 aliphatic carbocycles. The summed E-state index contributed by atoms with van der Waals surface area (Å²) in [5, 5.41) is 19.6. The summed E-state index contributed by atoms with van der Waals surface area (Å²) in [5.74, 6) is 0. The number of thiophene rings is 10. The van der Waals surface area contributed by atoms with E-state index in [9.17, 15) is 0 Å². The maximum atomic E-state index is 3.85. The molecule has 0 aromatic carbocycles. The summed E-state index contributed by atoms with van der Waals surface area (Å²) in [4.78, 5) is 3.15. The van der Waals surface area contributed by atoms with Crippen LogP contribution in [0.3, 0.4) is 0 Å². The van der Waals surface area contributed by atoms with Crippen molar-refractivity contribution < 1.29 is 37.7 Å². The van der Waals surface area contributed by atoms with Crippen molar-refractivity contribution in [2.45, 2.75) is 104 Å². The summed E-state index contributed by atoms with van der Waals surface area (Å²) in [6.45, 7) is 4.61. The van der Waals surface area contributed by atoms with Gasteiger partial charge in [0.05, 0.1) is 24.1 Å². The Labute approximate surface area is 369 Å².